The molecule has 1 aliphatic heterocycles. The van der Waals surface area contributed by atoms with Crippen LogP contribution in [-0.2, 0) is 16.9 Å². The monoisotopic (exact) mass is 678 g/mol. The van der Waals surface area contributed by atoms with Crippen LogP contribution in [0.3, 0.4) is 0 Å². The summed E-state index contributed by atoms with van der Waals surface area (Å²) in [7, 11) is 0. The molecule has 1 aliphatic carbocycles. The van der Waals surface area contributed by atoms with Crippen molar-refractivity contribution in [2.24, 2.45) is 11.7 Å². The Balaban J connectivity index is 1.49. The van der Waals surface area contributed by atoms with Crippen LogP contribution < -0.4 is 35.6 Å². The molecule has 216 valence electrons. The quantitative estimate of drug-likeness (QED) is 0.184. The normalized spacial score (nSPS) is 17.2. The Morgan fingerprint density at radius 3 is 2.46 bits per heavy atom. The molecule has 3 aromatic carbocycles. The van der Waals surface area contributed by atoms with E-state index in [1.165, 1.54) is 15.2 Å². The zero-order valence-electron chi connectivity index (χ0n) is 22.0. The van der Waals surface area contributed by atoms with E-state index >= 15 is 4.39 Å². The number of benzene rings is 3. The van der Waals surface area contributed by atoms with Crippen LogP contribution in [0.25, 0.3) is 0 Å². The van der Waals surface area contributed by atoms with Crippen LogP contribution in [-0.4, -0.2) is 17.2 Å². The third-order valence-electron chi connectivity index (χ3n) is 7.26. The Kier molecular flexibility index (Phi) is 8.53. The van der Waals surface area contributed by atoms with Crippen LogP contribution >= 0.6 is 0 Å². The van der Waals surface area contributed by atoms with Gasteiger partial charge in [0.1, 0.15) is 0 Å². The third kappa shape index (κ3) is 6.65. The number of nitrogens with two attached hydrogens (primary N) is 1. The number of alkyl halides is 3. The van der Waals surface area contributed by atoms with Crippen LogP contribution in [0, 0.1) is 11.7 Å². The average Bonchev–Trinajstić information content (AvgIpc) is 3.81. The number of rotatable bonds is 9. The summed E-state index contributed by atoms with van der Waals surface area (Å²) in [5, 5.41) is 14.4. The van der Waals surface area contributed by atoms with Gasteiger partial charge in [0.2, 0.25) is 0 Å². The molecule has 0 aromatic heterocycles. The molecule has 1 unspecified atom stereocenters. The molecule has 10 heteroatoms. The Bertz CT molecular complexity index is 1490. The molecule has 4 N–H and O–H groups in total. The second-order valence-corrected chi connectivity index (χ2v) is 12.3. The number of nitrogens with zero attached hydrogens (tertiary/aromatic N) is 1. The van der Waals surface area contributed by atoms with Crippen molar-refractivity contribution in [1.29, 1.82) is 0 Å². The van der Waals surface area contributed by atoms with Crippen molar-refractivity contribution >= 4 is 17.3 Å². The molecule has 1 saturated carbocycles. The Labute approximate surface area is 246 Å². The van der Waals surface area contributed by atoms with E-state index in [4.69, 9.17) is 5.73 Å². The van der Waals surface area contributed by atoms with Gasteiger partial charge in [0.25, 0.3) is 0 Å². The van der Waals surface area contributed by atoms with Gasteiger partial charge in [-0.15, -0.1) is 0 Å². The molecule has 0 spiro atoms. The SMILES string of the molecule is NCc1cccc(N2[I-]C=C(C(F)(F)F)C=C2C(=O)Nc2cc(C(O)(CCC3CC3)c3ccccc3)ccc2F)c1. The summed E-state index contributed by atoms with van der Waals surface area (Å²) in [5.74, 6) is -1.13. The number of nitrogens with one attached hydrogen (secondary N) is 1. The van der Waals surface area contributed by atoms with Crippen molar-refractivity contribution in [3.63, 3.8) is 0 Å². The zero-order valence-corrected chi connectivity index (χ0v) is 24.1. The fraction of sp³-hybridized carbons (Fsp3) is 0.258. The number of carbonyl (C=O) groups excluding carboxylic acids is 1. The second kappa shape index (κ2) is 11.9. The minimum absolute atomic E-state index is 0.220. The van der Waals surface area contributed by atoms with Crippen LogP contribution in [0.15, 0.2) is 94.2 Å². The first-order valence-corrected chi connectivity index (χ1v) is 15.4. The van der Waals surface area contributed by atoms with E-state index in [0.717, 1.165) is 41.1 Å². The number of allylic oxidation sites excluding steroid dienone is 2. The maximum absolute atomic E-state index is 15.1. The summed E-state index contributed by atoms with van der Waals surface area (Å²) in [6, 6.07) is 19.9. The standard InChI is InChI=1S/C31H29F4IN3O2/c32-26-12-11-23(30(41,14-13-20-9-10-20)22-6-2-1-3-7-22)16-27(26)38-29(40)28-17-24(31(33,34)35)18-36-39(28)25-8-4-5-21(15-25)19-37/h1-8,11-12,15-18,20,41H,9-10,13-14,19,37H2,(H,38,40)/q-1. The van der Waals surface area contributed by atoms with Gasteiger partial charge in [-0.2, -0.15) is 0 Å². The summed E-state index contributed by atoms with van der Waals surface area (Å²) < 4.78 is 58.6. The minimum atomic E-state index is -4.64. The van der Waals surface area contributed by atoms with Crippen LogP contribution in [0.5, 0.6) is 0 Å². The molecule has 1 amide bonds. The second-order valence-electron chi connectivity index (χ2n) is 10.2. The van der Waals surface area contributed by atoms with Gasteiger partial charge in [0.15, 0.2) is 0 Å². The van der Waals surface area contributed by atoms with Crippen molar-refractivity contribution in [2.45, 2.75) is 44.0 Å². The van der Waals surface area contributed by atoms with Gasteiger partial charge >= 0.3 is 247 Å². The fourth-order valence-corrected chi connectivity index (χ4v) is 7.13. The van der Waals surface area contributed by atoms with Crippen molar-refractivity contribution < 1.29 is 48.9 Å². The van der Waals surface area contributed by atoms with Crippen molar-refractivity contribution in [2.75, 3.05) is 8.43 Å². The summed E-state index contributed by atoms with van der Waals surface area (Å²) in [6.07, 6.45) is -0.467. The van der Waals surface area contributed by atoms with Gasteiger partial charge in [0.05, 0.1) is 0 Å². The third-order valence-corrected chi connectivity index (χ3v) is 9.84. The van der Waals surface area contributed by atoms with Crippen molar-refractivity contribution in [3.8, 4) is 0 Å². The number of aliphatic hydroxyl groups is 1. The first-order chi connectivity index (χ1) is 19.6. The first kappa shape index (κ1) is 29.3. The molecule has 1 heterocycles. The van der Waals surface area contributed by atoms with Gasteiger partial charge in [-0.3, -0.25) is 0 Å². The number of hydrogen-bond acceptors (Lipinski definition) is 4. The van der Waals surface area contributed by atoms with E-state index in [1.807, 2.05) is 18.2 Å². The van der Waals surface area contributed by atoms with Crippen LogP contribution in [0.2, 0.25) is 0 Å². The number of halogens is 5. The molecule has 1 fully saturated rings. The molecule has 0 bridgehead atoms. The molecular formula is C31H29F4IN3O2-. The van der Waals surface area contributed by atoms with Gasteiger partial charge in [-0.1, -0.05) is 0 Å². The Hall–Kier alpha value is -3.22. The predicted molar refractivity (Wildman–Crippen MR) is 145 cm³/mol. The van der Waals surface area contributed by atoms with Gasteiger partial charge in [0, 0.05) is 0 Å². The van der Waals surface area contributed by atoms with E-state index in [2.05, 4.69) is 5.32 Å². The molecule has 41 heavy (non-hydrogen) atoms. The van der Waals surface area contributed by atoms with Gasteiger partial charge in [-0.05, 0) is 0 Å². The molecule has 2 aliphatic rings. The topological polar surface area (TPSA) is 78.6 Å². The first-order valence-electron chi connectivity index (χ1n) is 13.2. The summed E-state index contributed by atoms with van der Waals surface area (Å²) in [5.41, 5.74) is 5.20. The van der Waals surface area contributed by atoms with E-state index in [9.17, 15) is 23.1 Å². The molecule has 5 rings (SSSR count). The molecule has 0 radical (unpaired) electrons. The molecule has 3 aromatic rings. The van der Waals surface area contributed by atoms with Crippen LogP contribution in [0.4, 0.5) is 28.9 Å². The molecule has 1 atom stereocenters. The summed E-state index contributed by atoms with van der Waals surface area (Å²) in [6.45, 7) is 0.220. The van der Waals surface area contributed by atoms with Crippen molar-refractivity contribution in [3.05, 3.63) is 117 Å². The van der Waals surface area contributed by atoms with E-state index in [0.29, 0.717) is 29.2 Å². The maximum atomic E-state index is 15.1. The van der Waals surface area contributed by atoms with E-state index in [1.54, 1.807) is 36.4 Å². The predicted octanol–water partition coefficient (Wildman–Crippen LogP) is 3.50. The van der Waals surface area contributed by atoms with Crippen molar-refractivity contribution in [1.82, 2.24) is 0 Å². The summed E-state index contributed by atoms with van der Waals surface area (Å²) in [4.78, 5) is 13.5. The molecule has 5 nitrogen and oxygen atoms in total. The Morgan fingerprint density at radius 1 is 1.02 bits per heavy atom. The fourth-order valence-electron chi connectivity index (χ4n) is 4.74. The van der Waals surface area contributed by atoms with Crippen LogP contribution in [0.1, 0.15) is 42.4 Å². The zero-order chi connectivity index (χ0) is 29.2. The Morgan fingerprint density at radius 2 is 1.78 bits per heavy atom. The number of carbonyl (C=O) groups is 1. The van der Waals surface area contributed by atoms with E-state index < -0.39 is 50.6 Å². The average molecular weight is 678 g/mol. The van der Waals surface area contributed by atoms with Gasteiger partial charge < -0.3 is 0 Å². The molecule has 0 saturated heterocycles. The van der Waals surface area contributed by atoms with E-state index in [-0.39, 0.29) is 17.9 Å². The summed E-state index contributed by atoms with van der Waals surface area (Å²) >= 11 is -1.43. The number of anilines is 2. The number of amides is 1. The van der Waals surface area contributed by atoms with Gasteiger partial charge in [-0.25, -0.2) is 0 Å². The number of hydrogen-bond donors (Lipinski definition) is 3. The molecular weight excluding hydrogens is 649 g/mol.